The molecule has 0 saturated carbocycles. The Morgan fingerprint density at radius 1 is 0.561 bits per heavy atom. The number of benzene rings is 1. The van der Waals surface area contributed by atoms with Gasteiger partial charge in [-0.05, 0) is 36.5 Å². The molecule has 2 aliphatic heterocycles. The van der Waals surface area contributed by atoms with Crippen molar-refractivity contribution in [3.8, 4) is 0 Å². The molecular formula is C42H70N4O20. The first-order valence-corrected chi connectivity index (χ1v) is 21.9. The highest BCUT2D eigenvalue weighted by atomic mass is 16.7. The third-order valence-electron chi connectivity index (χ3n) is 10.0. The summed E-state index contributed by atoms with van der Waals surface area (Å²) in [6.45, 7) is 5.73. The van der Waals surface area contributed by atoms with Crippen molar-refractivity contribution in [3.05, 3.63) is 29.3 Å². The van der Waals surface area contributed by atoms with Crippen LogP contribution in [0.5, 0.6) is 0 Å². The van der Waals surface area contributed by atoms with Gasteiger partial charge in [-0.25, -0.2) is 0 Å². The molecule has 4 amide bonds. The largest absolute Gasteiger partial charge is 0.394 e. The number of carbonyl (C=O) groups excluding carboxylic acids is 4. The predicted molar refractivity (Wildman–Crippen MR) is 229 cm³/mol. The zero-order chi connectivity index (χ0) is 48.6. The summed E-state index contributed by atoms with van der Waals surface area (Å²) in [6.07, 6.45) is -12.1. The molecule has 2 aliphatic rings. The smallest absolute Gasteiger partial charge is 0.251 e. The van der Waals surface area contributed by atoms with E-state index >= 15 is 0 Å². The van der Waals surface area contributed by atoms with Crippen LogP contribution in [0.25, 0.3) is 0 Å². The van der Waals surface area contributed by atoms with Crippen molar-refractivity contribution in [2.45, 2.75) is 101 Å². The number of nitrogens with one attached hydrogen (secondary N) is 4. The minimum absolute atomic E-state index is 0.0340. The molecule has 10 atom stereocenters. The Balaban J connectivity index is 1.41. The maximum atomic E-state index is 13.2. The van der Waals surface area contributed by atoms with Crippen molar-refractivity contribution in [2.75, 3.05) is 104 Å². The average Bonchev–Trinajstić information content (AvgIpc) is 3.28. The van der Waals surface area contributed by atoms with Gasteiger partial charge in [0, 0.05) is 36.3 Å². The van der Waals surface area contributed by atoms with Crippen molar-refractivity contribution < 1.29 is 97.9 Å². The zero-order valence-electron chi connectivity index (χ0n) is 37.7. The van der Waals surface area contributed by atoms with Gasteiger partial charge in [0.2, 0.25) is 11.8 Å². The molecule has 24 nitrogen and oxygen atoms in total. The number of aliphatic hydroxyl groups excluding tert-OH is 8. The SMILES string of the molecule is CC(C)(C)CCCC(=O)NCC(=O)Nc1cc(C(=O)NCCOCCOCCO[C@H]2O[C@H](CO)[C@@H](O)[C@H](O)[C@@H]2O)cc(C(=O)NCCOCCOCCO[C@H]2O[C@H](CO)[C@@H](O)[C@H](O)[C@@H]2O)c1. The average molecular weight is 951 g/mol. The number of hydrogen-bond acceptors (Lipinski definition) is 20. The van der Waals surface area contributed by atoms with E-state index in [1.165, 1.54) is 18.2 Å². The Bertz CT molecular complexity index is 1510. The van der Waals surface area contributed by atoms with Crippen LogP contribution in [0, 0.1) is 5.41 Å². The third-order valence-corrected chi connectivity index (χ3v) is 10.0. The van der Waals surface area contributed by atoms with E-state index < -0.39 is 92.3 Å². The number of ether oxygens (including phenoxy) is 8. The van der Waals surface area contributed by atoms with E-state index in [0.29, 0.717) is 6.42 Å². The number of amides is 4. The summed E-state index contributed by atoms with van der Waals surface area (Å²) in [5, 5.41) is 88.7. The Kier molecular flexibility index (Phi) is 25.9. The maximum absolute atomic E-state index is 13.2. The van der Waals surface area contributed by atoms with Crippen LogP contribution in [0.2, 0.25) is 0 Å². The van der Waals surface area contributed by atoms with Crippen LogP contribution in [-0.4, -0.2) is 225 Å². The van der Waals surface area contributed by atoms with Gasteiger partial charge in [0.15, 0.2) is 12.6 Å². The van der Waals surface area contributed by atoms with Crippen LogP contribution in [0.1, 0.15) is 60.7 Å². The molecule has 0 aliphatic carbocycles. The molecule has 0 unspecified atom stereocenters. The second kappa shape index (κ2) is 30.1. The topological polar surface area (TPSA) is 352 Å². The normalized spacial score (nSPS) is 25.6. The fourth-order valence-electron chi connectivity index (χ4n) is 6.39. The lowest BCUT2D eigenvalue weighted by molar-refractivity contribution is -0.302. The first-order chi connectivity index (χ1) is 31.4. The van der Waals surface area contributed by atoms with E-state index in [9.17, 15) is 60.0 Å². The molecule has 66 heavy (non-hydrogen) atoms. The minimum Gasteiger partial charge on any atom is -0.394 e. The molecule has 3 rings (SSSR count). The molecule has 2 fully saturated rings. The van der Waals surface area contributed by atoms with Crippen LogP contribution in [0.4, 0.5) is 5.69 Å². The minimum atomic E-state index is -1.56. The molecule has 0 aromatic heterocycles. The van der Waals surface area contributed by atoms with Gasteiger partial charge < -0.3 is 100 Å². The first kappa shape index (κ1) is 56.8. The number of anilines is 1. The van der Waals surface area contributed by atoms with Crippen molar-refractivity contribution in [1.82, 2.24) is 16.0 Å². The molecule has 1 aromatic carbocycles. The van der Waals surface area contributed by atoms with Gasteiger partial charge in [0.05, 0.1) is 85.8 Å². The quantitative estimate of drug-likeness (QED) is 0.0328. The van der Waals surface area contributed by atoms with Crippen LogP contribution in [0.3, 0.4) is 0 Å². The summed E-state index contributed by atoms with van der Waals surface area (Å²) in [5.74, 6) is -2.00. The van der Waals surface area contributed by atoms with Crippen molar-refractivity contribution in [1.29, 1.82) is 0 Å². The molecule has 378 valence electrons. The molecular weight excluding hydrogens is 880 g/mol. The van der Waals surface area contributed by atoms with Gasteiger partial charge in [-0.1, -0.05) is 20.8 Å². The molecule has 2 heterocycles. The second-order valence-electron chi connectivity index (χ2n) is 16.6. The Hall–Kier alpha value is -3.54. The number of carbonyl (C=O) groups is 4. The fourth-order valence-corrected chi connectivity index (χ4v) is 6.39. The molecule has 2 saturated heterocycles. The van der Waals surface area contributed by atoms with E-state index in [4.69, 9.17) is 37.9 Å². The van der Waals surface area contributed by atoms with Crippen LogP contribution in [0.15, 0.2) is 18.2 Å². The zero-order valence-corrected chi connectivity index (χ0v) is 37.7. The van der Waals surface area contributed by atoms with Gasteiger partial charge in [-0.3, -0.25) is 19.2 Å². The monoisotopic (exact) mass is 950 g/mol. The summed E-state index contributed by atoms with van der Waals surface area (Å²) in [6, 6.07) is 4.11. The van der Waals surface area contributed by atoms with E-state index in [2.05, 4.69) is 42.0 Å². The summed E-state index contributed by atoms with van der Waals surface area (Å²) in [4.78, 5) is 51.5. The van der Waals surface area contributed by atoms with E-state index in [1.807, 2.05) is 0 Å². The van der Waals surface area contributed by atoms with E-state index in [1.54, 1.807) is 0 Å². The van der Waals surface area contributed by atoms with Gasteiger partial charge in [-0.15, -0.1) is 0 Å². The number of rotatable bonds is 30. The number of aliphatic hydroxyl groups is 8. The maximum Gasteiger partial charge on any atom is 0.251 e. The fraction of sp³-hybridized carbons (Fsp3) is 0.762. The molecule has 0 radical (unpaired) electrons. The molecule has 24 heteroatoms. The summed E-state index contributed by atoms with van der Waals surface area (Å²) in [5.41, 5.74) is 0.300. The second-order valence-corrected chi connectivity index (χ2v) is 16.6. The van der Waals surface area contributed by atoms with E-state index in [-0.39, 0.29) is 120 Å². The predicted octanol–water partition coefficient (Wildman–Crippen LogP) is -3.88. The summed E-state index contributed by atoms with van der Waals surface area (Å²) in [7, 11) is 0. The summed E-state index contributed by atoms with van der Waals surface area (Å²) >= 11 is 0. The van der Waals surface area contributed by atoms with Crippen molar-refractivity contribution >= 4 is 29.3 Å². The lowest BCUT2D eigenvalue weighted by atomic mass is 9.90. The molecule has 0 spiro atoms. The molecule has 0 bridgehead atoms. The Morgan fingerprint density at radius 3 is 1.41 bits per heavy atom. The lowest BCUT2D eigenvalue weighted by Crippen LogP contribution is -2.59. The van der Waals surface area contributed by atoms with Crippen molar-refractivity contribution in [3.63, 3.8) is 0 Å². The highest BCUT2D eigenvalue weighted by Gasteiger charge is 2.45. The summed E-state index contributed by atoms with van der Waals surface area (Å²) < 4.78 is 43.1. The van der Waals surface area contributed by atoms with Gasteiger partial charge >= 0.3 is 0 Å². The van der Waals surface area contributed by atoms with Crippen LogP contribution >= 0.6 is 0 Å². The molecule has 12 N–H and O–H groups in total. The van der Waals surface area contributed by atoms with Crippen LogP contribution in [-0.2, 0) is 47.5 Å². The first-order valence-electron chi connectivity index (χ1n) is 21.9. The number of hydrogen-bond donors (Lipinski definition) is 12. The Labute approximate surface area is 383 Å². The highest BCUT2D eigenvalue weighted by Crippen LogP contribution is 2.24. The van der Waals surface area contributed by atoms with Gasteiger partial charge in [0.25, 0.3) is 11.8 Å². The molecule has 1 aromatic rings. The highest BCUT2D eigenvalue weighted by molar-refractivity contribution is 6.03. The van der Waals surface area contributed by atoms with Gasteiger partial charge in [0.1, 0.15) is 48.8 Å². The van der Waals surface area contributed by atoms with E-state index in [0.717, 1.165) is 6.42 Å². The standard InChI is InChI=1S/C42H70N4O20/c1-42(2,3)6-4-5-30(49)45-22-31(50)46-27-20-25(38(57)43-7-9-59-11-13-61-15-17-63-40-36(55)34(53)32(51)28(23-47)65-40)19-26(21-27)39(58)44-8-10-60-12-14-62-16-18-64-41-37(56)35(54)33(52)29(24-48)66-41/h19-21,28-29,32-37,40-41,47-48,51-56H,4-18,22-24H2,1-3H3,(H,43,57)(H,44,58)(H,45,49)(H,46,50)/t28-,29-,32-,33-,34+,35+,36+,37+,40+,41+/m1/s1. The van der Waals surface area contributed by atoms with Crippen molar-refractivity contribution in [2.24, 2.45) is 5.41 Å². The Morgan fingerprint density at radius 2 is 0.985 bits per heavy atom. The lowest BCUT2D eigenvalue weighted by Gasteiger charge is -2.39. The van der Waals surface area contributed by atoms with Gasteiger partial charge in [-0.2, -0.15) is 0 Å². The third kappa shape index (κ3) is 20.4. The van der Waals surface area contributed by atoms with Crippen LogP contribution < -0.4 is 21.3 Å².